The van der Waals surface area contributed by atoms with Crippen LogP contribution in [0, 0.1) is 12.8 Å². The maximum Gasteiger partial charge on any atom is 0.269 e. The summed E-state index contributed by atoms with van der Waals surface area (Å²) in [5.41, 5.74) is 0.510. The lowest BCUT2D eigenvalue weighted by atomic mass is 9.93. The van der Waals surface area contributed by atoms with Crippen LogP contribution in [-0.4, -0.2) is 53.5 Å². The highest BCUT2D eigenvalue weighted by molar-refractivity contribution is 5.92. The monoisotopic (exact) mass is 346 g/mol. The van der Waals surface area contributed by atoms with Crippen LogP contribution in [-0.2, 0) is 15.1 Å². The van der Waals surface area contributed by atoms with E-state index in [0.29, 0.717) is 31.3 Å². The van der Waals surface area contributed by atoms with Crippen LogP contribution in [0.2, 0.25) is 0 Å². The molecule has 7 nitrogen and oxygen atoms in total. The van der Waals surface area contributed by atoms with Crippen LogP contribution in [0.5, 0.6) is 0 Å². The molecule has 0 bridgehead atoms. The van der Waals surface area contributed by atoms with E-state index in [1.807, 2.05) is 18.7 Å². The first-order valence-corrected chi connectivity index (χ1v) is 8.93. The molecule has 0 spiro atoms. The number of hydrogen-bond acceptors (Lipinski definition) is 5. The van der Waals surface area contributed by atoms with Crippen molar-refractivity contribution in [2.75, 3.05) is 26.8 Å². The molecule has 0 aromatic carbocycles. The fraction of sp³-hybridized carbons (Fsp3) is 0.667. The first kappa shape index (κ1) is 17.8. The van der Waals surface area contributed by atoms with Gasteiger partial charge in [0.2, 0.25) is 5.91 Å². The summed E-state index contributed by atoms with van der Waals surface area (Å²) in [6.45, 7) is 5.85. The zero-order valence-corrected chi connectivity index (χ0v) is 15.2. The third-order valence-electron chi connectivity index (χ3n) is 5.27. The van der Waals surface area contributed by atoms with Crippen LogP contribution in [0.25, 0.3) is 0 Å². The van der Waals surface area contributed by atoms with Gasteiger partial charge in [-0.05, 0) is 45.6 Å². The number of carbonyl (C=O) groups excluding carboxylic acids is 2. The molecule has 0 saturated carbocycles. The van der Waals surface area contributed by atoms with Crippen molar-refractivity contribution >= 4 is 11.8 Å². The number of nitrogens with one attached hydrogen (secondary N) is 1. The smallest absolute Gasteiger partial charge is 0.269 e. The molecular formula is C18H26N4O3. The highest BCUT2D eigenvalue weighted by Crippen LogP contribution is 2.38. The van der Waals surface area contributed by atoms with Gasteiger partial charge < -0.3 is 15.0 Å². The lowest BCUT2D eigenvalue weighted by molar-refractivity contribution is -0.143. The van der Waals surface area contributed by atoms with Gasteiger partial charge in [-0.25, -0.2) is 9.97 Å². The maximum absolute atomic E-state index is 13.1. The van der Waals surface area contributed by atoms with E-state index in [9.17, 15) is 9.59 Å². The first-order chi connectivity index (χ1) is 12.0. The van der Waals surface area contributed by atoms with Crippen molar-refractivity contribution in [2.24, 2.45) is 5.92 Å². The molecule has 25 heavy (non-hydrogen) atoms. The van der Waals surface area contributed by atoms with Gasteiger partial charge in [0, 0.05) is 38.4 Å². The van der Waals surface area contributed by atoms with E-state index >= 15 is 0 Å². The first-order valence-electron chi connectivity index (χ1n) is 8.93. The second kappa shape index (κ2) is 7.07. The molecular weight excluding hydrogens is 320 g/mol. The van der Waals surface area contributed by atoms with Crippen LogP contribution in [0.3, 0.4) is 0 Å². The summed E-state index contributed by atoms with van der Waals surface area (Å²) >= 11 is 0. The van der Waals surface area contributed by atoms with Gasteiger partial charge >= 0.3 is 0 Å². The van der Waals surface area contributed by atoms with Crippen molar-refractivity contribution in [3.8, 4) is 0 Å². The number of aromatic nitrogens is 2. The van der Waals surface area contributed by atoms with Gasteiger partial charge in [-0.2, -0.15) is 0 Å². The summed E-state index contributed by atoms with van der Waals surface area (Å²) in [5, 5.41) is 2.60. The second-order valence-corrected chi connectivity index (χ2v) is 7.05. The van der Waals surface area contributed by atoms with Crippen molar-refractivity contribution in [3.05, 3.63) is 23.3 Å². The number of likely N-dealkylation sites (tertiary alicyclic amines) is 1. The van der Waals surface area contributed by atoms with Crippen LogP contribution >= 0.6 is 0 Å². The maximum atomic E-state index is 13.1. The van der Waals surface area contributed by atoms with Gasteiger partial charge in [-0.3, -0.25) is 9.59 Å². The van der Waals surface area contributed by atoms with Crippen molar-refractivity contribution < 1.29 is 14.3 Å². The Morgan fingerprint density at radius 1 is 1.32 bits per heavy atom. The molecule has 1 atom stereocenters. The molecule has 136 valence electrons. The Hall–Kier alpha value is -2.02. The Labute approximate surface area is 148 Å². The summed E-state index contributed by atoms with van der Waals surface area (Å²) < 4.78 is 5.38. The highest BCUT2D eigenvalue weighted by atomic mass is 16.5. The topological polar surface area (TPSA) is 84.4 Å². The molecule has 2 saturated heterocycles. The molecule has 3 heterocycles. The van der Waals surface area contributed by atoms with E-state index in [2.05, 4.69) is 15.3 Å². The van der Waals surface area contributed by atoms with Crippen molar-refractivity contribution in [2.45, 2.75) is 45.1 Å². The van der Waals surface area contributed by atoms with Crippen molar-refractivity contribution in [1.29, 1.82) is 0 Å². The Kier molecular flexibility index (Phi) is 5.03. The van der Waals surface area contributed by atoms with Crippen LogP contribution in [0.15, 0.2) is 6.07 Å². The van der Waals surface area contributed by atoms with Gasteiger partial charge in [0.05, 0.1) is 5.54 Å². The zero-order valence-electron chi connectivity index (χ0n) is 15.2. The summed E-state index contributed by atoms with van der Waals surface area (Å²) in [7, 11) is 1.58. The average molecular weight is 346 g/mol. The minimum Gasteiger partial charge on any atom is -0.381 e. The standard InChI is InChI=1S/C18H26N4O3/c1-12-11-14(15(23)19-3)21-17(20-12)18(2)7-4-8-22(18)16(24)13-5-9-25-10-6-13/h11,13H,4-10H2,1-3H3,(H,19,23). The molecule has 1 aromatic rings. The SMILES string of the molecule is CNC(=O)c1cc(C)nc(C2(C)CCCN2C(=O)C2CCOCC2)n1. The second-order valence-electron chi connectivity index (χ2n) is 7.05. The summed E-state index contributed by atoms with van der Waals surface area (Å²) in [6.07, 6.45) is 3.25. The normalized spacial score (nSPS) is 24.4. The van der Waals surface area contributed by atoms with Gasteiger partial charge in [0.15, 0.2) is 5.82 Å². The largest absolute Gasteiger partial charge is 0.381 e. The van der Waals surface area contributed by atoms with E-state index in [0.717, 1.165) is 31.4 Å². The number of amides is 2. The average Bonchev–Trinajstić information content (AvgIpc) is 3.03. The molecule has 0 aliphatic carbocycles. The molecule has 2 fully saturated rings. The van der Waals surface area contributed by atoms with Crippen LogP contribution in [0.4, 0.5) is 0 Å². The lowest BCUT2D eigenvalue weighted by Gasteiger charge is -2.37. The predicted molar refractivity (Wildman–Crippen MR) is 92.0 cm³/mol. The van der Waals surface area contributed by atoms with Crippen molar-refractivity contribution in [3.63, 3.8) is 0 Å². The van der Waals surface area contributed by atoms with Gasteiger partial charge in [0.1, 0.15) is 5.69 Å². The van der Waals surface area contributed by atoms with E-state index in [1.165, 1.54) is 0 Å². The number of rotatable bonds is 3. The number of ether oxygens (including phenoxy) is 1. The zero-order chi connectivity index (χ0) is 18.0. The Balaban J connectivity index is 1.92. The molecule has 3 rings (SSSR count). The Bertz CT molecular complexity index is 672. The fourth-order valence-corrected chi connectivity index (χ4v) is 3.77. The predicted octanol–water partition coefficient (Wildman–Crippen LogP) is 1.41. The lowest BCUT2D eigenvalue weighted by Crippen LogP contribution is -2.47. The molecule has 0 radical (unpaired) electrons. The minimum absolute atomic E-state index is 0.00870. The van der Waals surface area contributed by atoms with E-state index in [-0.39, 0.29) is 17.7 Å². The third-order valence-corrected chi connectivity index (χ3v) is 5.27. The molecule has 2 aliphatic rings. The molecule has 2 amide bonds. The molecule has 7 heteroatoms. The van der Waals surface area contributed by atoms with Gasteiger partial charge in [-0.15, -0.1) is 0 Å². The van der Waals surface area contributed by atoms with Crippen molar-refractivity contribution in [1.82, 2.24) is 20.2 Å². The number of nitrogens with zero attached hydrogens (tertiary/aromatic N) is 3. The van der Waals surface area contributed by atoms with Crippen LogP contribution < -0.4 is 5.32 Å². The summed E-state index contributed by atoms with van der Waals surface area (Å²) in [6, 6.07) is 1.67. The number of carbonyl (C=O) groups is 2. The number of aryl methyl sites for hydroxylation is 1. The summed E-state index contributed by atoms with van der Waals surface area (Å²) in [5.74, 6) is 0.490. The van der Waals surface area contributed by atoms with E-state index in [4.69, 9.17) is 4.74 Å². The summed E-state index contributed by atoms with van der Waals surface area (Å²) in [4.78, 5) is 36.1. The van der Waals surface area contributed by atoms with Crippen LogP contribution in [0.1, 0.15) is 54.6 Å². The minimum atomic E-state index is -0.565. The van der Waals surface area contributed by atoms with E-state index in [1.54, 1.807) is 13.1 Å². The number of hydrogen-bond donors (Lipinski definition) is 1. The van der Waals surface area contributed by atoms with Gasteiger partial charge in [-0.1, -0.05) is 0 Å². The highest BCUT2D eigenvalue weighted by Gasteiger charge is 2.45. The third kappa shape index (κ3) is 3.38. The molecule has 1 unspecified atom stereocenters. The quantitative estimate of drug-likeness (QED) is 0.894. The fourth-order valence-electron chi connectivity index (χ4n) is 3.77. The van der Waals surface area contributed by atoms with Gasteiger partial charge in [0.25, 0.3) is 5.91 Å². The molecule has 1 aromatic heterocycles. The Morgan fingerprint density at radius 2 is 2.04 bits per heavy atom. The molecule has 1 N–H and O–H groups in total. The molecule has 2 aliphatic heterocycles. The Morgan fingerprint density at radius 3 is 2.72 bits per heavy atom. The van der Waals surface area contributed by atoms with E-state index < -0.39 is 5.54 Å².